The number of amides is 1. The Labute approximate surface area is 133 Å². The van der Waals surface area contributed by atoms with Crippen LogP contribution in [0.3, 0.4) is 0 Å². The number of nitrogens with one attached hydrogen (secondary N) is 2. The van der Waals surface area contributed by atoms with Gasteiger partial charge in [0.2, 0.25) is 6.41 Å². The molecule has 3 aromatic rings. The predicted molar refractivity (Wildman–Crippen MR) is 86.2 cm³/mol. The summed E-state index contributed by atoms with van der Waals surface area (Å²) in [5.41, 5.74) is 4.43. The number of rotatable bonds is 3. The van der Waals surface area contributed by atoms with E-state index in [0.29, 0.717) is 0 Å². The molecule has 2 N–H and O–H groups in total. The van der Waals surface area contributed by atoms with Gasteiger partial charge in [0.15, 0.2) is 11.3 Å². The van der Waals surface area contributed by atoms with Gasteiger partial charge in [-0.3, -0.25) is 9.20 Å². The third-order valence-corrected chi connectivity index (χ3v) is 6.20. The van der Waals surface area contributed by atoms with E-state index in [1.807, 2.05) is 18.6 Å². The zero-order chi connectivity index (χ0) is 15.5. The molecule has 0 aromatic carbocycles. The van der Waals surface area contributed by atoms with Crippen LogP contribution in [0.5, 0.6) is 0 Å². The van der Waals surface area contributed by atoms with Gasteiger partial charge in [-0.05, 0) is 44.6 Å². The molecule has 6 nitrogen and oxygen atoms in total. The van der Waals surface area contributed by atoms with E-state index < -0.39 is 0 Å². The van der Waals surface area contributed by atoms with E-state index in [9.17, 15) is 4.79 Å². The molecule has 3 saturated carbocycles. The van der Waals surface area contributed by atoms with Crippen LogP contribution in [-0.2, 0) is 10.2 Å². The highest BCUT2D eigenvalue weighted by molar-refractivity contribution is 5.74. The normalized spacial score (nSPS) is 30.1. The van der Waals surface area contributed by atoms with Gasteiger partial charge in [-0.15, -0.1) is 0 Å². The highest BCUT2D eigenvalue weighted by Crippen LogP contribution is 2.53. The predicted octanol–water partition coefficient (Wildman–Crippen LogP) is 2.30. The highest BCUT2D eigenvalue weighted by atomic mass is 16.1. The largest absolute Gasteiger partial charge is 0.353 e. The second kappa shape index (κ2) is 4.34. The molecule has 0 saturated heterocycles. The Morgan fingerprint density at radius 3 is 2.65 bits per heavy atom. The summed E-state index contributed by atoms with van der Waals surface area (Å²) in [5, 5.41) is 3.09. The maximum absolute atomic E-state index is 10.9. The van der Waals surface area contributed by atoms with Crippen molar-refractivity contribution >= 4 is 23.2 Å². The lowest BCUT2D eigenvalue weighted by molar-refractivity contribution is -0.112. The van der Waals surface area contributed by atoms with Gasteiger partial charge in [0.1, 0.15) is 0 Å². The molecule has 0 atom stereocenters. The molecular weight excluding hydrogens is 290 g/mol. The average molecular weight is 309 g/mol. The van der Waals surface area contributed by atoms with Crippen LogP contribution in [0, 0.1) is 0 Å². The number of hydrogen-bond acceptors (Lipinski definition) is 3. The van der Waals surface area contributed by atoms with Crippen molar-refractivity contribution in [3.8, 4) is 0 Å². The van der Waals surface area contributed by atoms with E-state index in [4.69, 9.17) is 0 Å². The minimum atomic E-state index is 0.0367. The molecule has 3 heterocycles. The van der Waals surface area contributed by atoms with Crippen molar-refractivity contribution < 1.29 is 4.79 Å². The molecule has 3 fully saturated rings. The second-order valence-electron chi connectivity index (χ2n) is 7.13. The third kappa shape index (κ3) is 1.66. The molecule has 3 aromatic heterocycles. The van der Waals surface area contributed by atoms with Gasteiger partial charge in [-0.25, -0.2) is 9.97 Å². The second-order valence-corrected chi connectivity index (χ2v) is 7.13. The number of fused-ring (bicyclic) bond motifs is 6. The fourth-order valence-corrected chi connectivity index (χ4v) is 4.75. The molecule has 0 aliphatic heterocycles. The van der Waals surface area contributed by atoms with Crippen LogP contribution < -0.4 is 5.32 Å². The van der Waals surface area contributed by atoms with E-state index in [-0.39, 0.29) is 11.0 Å². The Balaban J connectivity index is 1.64. The van der Waals surface area contributed by atoms with Gasteiger partial charge < -0.3 is 10.3 Å². The molecule has 1 amide bonds. The van der Waals surface area contributed by atoms with Gasteiger partial charge in [0, 0.05) is 29.0 Å². The molecule has 0 spiro atoms. The number of nitrogens with zero attached hydrogens (tertiary/aromatic N) is 3. The van der Waals surface area contributed by atoms with Gasteiger partial charge in [-0.1, -0.05) is 0 Å². The summed E-state index contributed by atoms with van der Waals surface area (Å²) in [4.78, 5) is 23.1. The zero-order valence-corrected chi connectivity index (χ0v) is 12.9. The Bertz CT molecular complexity index is 884. The van der Waals surface area contributed by atoms with E-state index in [0.717, 1.165) is 61.7 Å². The lowest BCUT2D eigenvalue weighted by atomic mass is 9.56. The summed E-state index contributed by atoms with van der Waals surface area (Å²) in [6, 6.07) is 2.07. The molecule has 0 unspecified atom stereocenters. The fraction of sp³-hybridized carbons (Fsp3) is 0.471. The standard InChI is InChI=1S/C17H19N5O/c23-11-21-17-5-2-16(3-6-17,4-7-17)13-9-19-14-10-20-15-12(22(13)14)1-8-18-15/h1,8-11,18H,2-7H2,(H,21,23). The number of H-pyrrole nitrogens is 1. The van der Waals surface area contributed by atoms with Gasteiger partial charge >= 0.3 is 0 Å². The van der Waals surface area contributed by atoms with Crippen LogP contribution in [-0.4, -0.2) is 31.3 Å². The van der Waals surface area contributed by atoms with Crippen LogP contribution in [0.2, 0.25) is 0 Å². The molecular formula is C17H19N5O. The Morgan fingerprint density at radius 1 is 1.13 bits per heavy atom. The summed E-state index contributed by atoms with van der Waals surface area (Å²) in [7, 11) is 0. The Hall–Kier alpha value is -2.37. The number of aromatic nitrogens is 4. The molecule has 6 rings (SSSR count). The van der Waals surface area contributed by atoms with Crippen molar-refractivity contribution in [1.29, 1.82) is 0 Å². The first-order valence-corrected chi connectivity index (χ1v) is 8.27. The summed E-state index contributed by atoms with van der Waals surface area (Å²) >= 11 is 0. The minimum Gasteiger partial charge on any atom is -0.353 e. The van der Waals surface area contributed by atoms with Crippen LogP contribution >= 0.6 is 0 Å². The minimum absolute atomic E-state index is 0.0367. The van der Waals surface area contributed by atoms with E-state index in [1.54, 1.807) is 0 Å². The van der Waals surface area contributed by atoms with Gasteiger partial charge in [-0.2, -0.15) is 0 Å². The van der Waals surface area contributed by atoms with E-state index in [2.05, 4.69) is 30.7 Å². The lowest BCUT2D eigenvalue weighted by Crippen LogP contribution is -2.56. The summed E-state index contributed by atoms with van der Waals surface area (Å²) in [6.07, 6.45) is 13.2. The average Bonchev–Trinajstić information content (AvgIpc) is 3.23. The molecule has 6 heteroatoms. The SMILES string of the molecule is O=CNC12CCC(c3cnc4cnc5[nH]ccc5n34)(CC1)CC2. The zero-order valence-electron chi connectivity index (χ0n) is 12.9. The third-order valence-electron chi connectivity index (χ3n) is 6.20. The van der Waals surface area contributed by atoms with Crippen LogP contribution in [0.4, 0.5) is 0 Å². The van der Waals surface area contributed by atoms with Crippen LogP contribution in [0.15, 0.2) is 24.7 Å². The number of carbonyl (C=O) groups excluding carboxylic acids is 1. The first-order chi connectivity index (χ1) is 11.3. The van der Waals surface area contributed by atoms with Crippen LogP contribution in [0.25, 0.3) is 16.8 Å². The van der Waals surface area contributed by atoms with Crippen LogP contribution in [0.1, 0.15) is 44.2 Å². The molecule has 118 valence electrons. The number of imidazole rings is 1. The van der Waals surface area contributed by atoms with Crippen molar-refractivity contribution in [3.63, 3.8) is 0 Å². The highest BCUT2D eigenvalue weighted by Gasteiger charge is 2.50. The summed E-state index contributed by atoms with van der Waals surface area (Å²) < 4.78 is 2.27. The number of carbonyl (C=O) groups is 1. The maximum Gasteiger partial charge on any atom is 0.207 e. The van der Waals surface area contributed by atoms with Crippen molar-refractivity contribution in [3.05, 3.63) is 30.4 Å². The lowest BCUT2D eigenvalue weighted by Gasteiger charge is -2.53. The first kappa shape index (κ1) is 13.1. The van der Waals surface area contributed by atoms with Gasteiger partial charge in [0.25, 0.3) is 0 Å². The van der Waals surface area contributed by atoms with Crippen molar-refractivity contribution in [2.75, 3.05) is 0 Å². The topological polar surface area (TPSA) is 75.1 Å². The summed E-state index contributed by atoms with van der Waals surface area (Å²) in [6.45, 7) is 0. The van der Waals surface area contributed by atoms with Crippen molar-refractivity contribution in [1.82, 2.24) is 24.7 Å². The van der Waals surface area contributed by atoms with Crippen molar-refractivity contribution in [2.45, 2.75) is 49.5 Å². The molecule has 23 heavy (non-hydrogen) atoms. The molecule has 0 radical (unpaired) electrons. The quantitative estimate of drug-likeness (QED) is 0.729. The maximum atomic E-state index is 10.9. The fourth-order valence-electron chi connectivity index (χ4n) is 4.75. The first-order valence-electron chi connectivity index (χ1n) is 8.27. The smallest absolute Gasteiger partial charge is 0.207 e. The summed E-state index contributed by atoms with van der Waals surface area (Å²) in [5.74, 6) is 0. The Kier molecular flexibility index (Phi) is 2.47. The van der Waals surface area contributed by atoms with E-state index >= 15 is 0 Å². The monoisotopic (exact) mass is 309 g/mol. The molecule has 3 aliphatic carbocycles. The molecule has 2 bridgehead atoms. The Morgan fingerprint density at radius 2 is 1.91 bits per heavy atom. The molecule has 3 aliphatic rings. The van der Waals surface area contributed by atoms with Crippen molar-refractivity contribution in [2.24, 2.45) is 0 Å². The van der Waals surface area contributed by atoms with E-state index in [1.165, 1.54) is 5.69 Å². The number of hydrogen-bond donors (Lipinski definition) is 2. The van der Waals surface area contributed by atoms with Gasteiger partial charge in [0.05, 0.1) is 11.7 Å². The number of aromatic amines is 1.